The lowest BCUT2D eigenvalue weighted by Gasteiger charge is -2.34. The molecule has 18 heavy (non-hydrogen) atoms. The average Bonchev–Trinajstić information content (AvgIpc) is 2.91. The van der Waals surface area contributed by atoms with Gasteiger partial charge in [-0.05, 0) is 42.7 Å². The first kappa shape index (κ1) is 10.6. The fourth-order valence-electron chi connectivity index (χ4n) is 4.30. The highest BCUT2D eigenvalue weighted by atomic mass is 16.2. The minimum absolute atomic E-state index is 0.275. The second-order valence-corrected chi connectivity index (χ2v) is 6.26. The largest absolute Gasteiger partial charge is 0.331 e. The third kappa shape index (κ3) is 1.51. The van der Waals surface area contributed by atoms with Gasteiger partial charge in [0, 0.05) is 18.2 Å². The van der Waals surface area contributed by atoms with Crippen LogP contribution in [-0.2, 0) is 6.54 Å². The van der Waals surface area contributed by atoms with Crippen molar-refractivity contribution in [2.24, 2.45) is 11.8 Å². The van der Waals surface area contributed by atoms with Gasteiger partial charge < -0.3 is 4.90 Å². The van der Waals surface area contributed by atoms with Crippen molar-refractivity contribution in [1.29, 1.82) is 0 Å². The van der Waals surface area contributed by atoms with Crippen LogP contribution in [0.15, 0.2) is 24.3 Å². The highest BCUT2D eigenvalue weighted by Crippen LogP contribution is 2.44. The van der Waals surface area contributed by atoms with Crippen molar-refractivity contribution >= 4 is 5.91 Å². The first-order valence-electron chi connectivity index (χ1n) is 7.20. The molecule has 1 aliphatic heterocycles. The number of amides is 1. The molecule has 1 unspecified atom stereocenters. The fourth-order valence-corrected chi connectivity index (χ4v) is 4.30. The zero-order chi connectivity index (χ0) is 12.1. The molecule has 1 heterocycles. The molecule has 2 fully saturated rings. The molecule has 0 aromatic heterocycles. The molecule has 0 spiro atoms. The number of hydrogen-bond donors (Lipinski definition) is 0. The van der Waals surface area contributed by atoms with Crippen molar-refractivity contribution < 1.29 is 4.79 Å². The van der Waals surface area contributed by atoms with Crippen molar-refractivity contribution in [3.63, 3.8) is 0 Å². The maximum absolute atomic E-state index is 12.5. The third-order valence-electron chi connectivity index (χ3n) is 5.15. The topological polar surface area (TPSA) is 20.3 Å². The Bertz CT molecular complexity index is 484. The Morgan fingerprint density at radius 3 is 2.44 bits per heavy atom. The van der Waals surface area contributed by atoms with Gasteiger partial charge in [0.15, 0.2) is 0 Å². The molecule has 1 amide bonds. The van der Waals surface area contributed by atoms with Gasteiger partial charge in [0.1, 0.15) is 0 Å². The predicted octanol–water partition coefficient (Wildman–Crippen LogP) is 3.22. The van der Waals surface area contributed by atoms with Crippen molar-refractivity contribution in [2.75, 3.05) is 0 Å². The van der Waals surface area contributed by atoms with Crippen LogP contribution in [0.25, 0.3) is 0 Å². The van der Waals surface area contributed by atoms with Gasteiger partial charge in [-0.3, -0.25) is 4.79 Å². The smallest absolute Gasteiger partial charge is 0.254 e. The standard InChI is InChI=1S/C16H19NO/c18-16-15-4-2-1-3-13(15)10-17(16)14-8-11-5-6-12(7-11)9-14/h1-4,11-12,14H,5-10H2/t11-,12+,14?. The summed E-state index contributed by atoms with van der Waals surface area (Å²) in [4.78, 5) is 14.6. The zero-order valence-corrected chi connectivity index (χ0v) is 10.6. The molecule has 1 aromatic rings. The van der Waals surface area contributed by atoms with Gasteiger partial charge in [-0.1, -0.05) is 31.0 Å². The molecule has 2 nitrogen and oxygen atoms in total. The molecule has 0 radical (unpaired) electrons. The molecule has 0 saturated heterocycles. The monoisotopic (exact) mass is 241 g/mol. The van der Waals surface area contributed by atoms with Crippen LogP contribution in [0.1, 0.15) is 48.0 Å². The molecule has 4 rings (SSSR count). The lowest BCUT2D eigenvalue weighted by molar-refractivity contribution is 0.0616. The first-order chi connectivity index (χ1) is 8.81. The number of nitrogens with zero attached hydrogens (tertiary/aromatic N) is 1. The van der Waals surface area contributed by atoms with Gasteiger partial charge in [-0.15, -0.1) is 0 Å². The molecule has 1 aromatic carbocycles. The van der Waals surface area contributed by atoms with Crippen LogP contribution in [-0.4, -0.2) is 16.8 Å². The molecule has 2 heteroatoms. The third-order valence-corrected chi connectivity index (χ3v) is 5.15. The summed E-state index contributed by atoms with van der Waals surface area (Å²) in [6, 6.07) is 8.61. The van der Waals surface area contributed by atoms with Crippen molar-refractivity contribution in [3.8, 4) is 0 Å². The number of hydrogen-bond acceptors (Lipinski definition) is 1. The second kappa shape index (κ2) is 3.84. The summed E-state index contributed by atoms with van der Waals surface area (Å²) in [6.07, 6.45) is 6.71. The van der Waals surface area contributed by atoms with Gasteiger partial charge in [0.05, 0.1) is 0 Å². The van der Waals surface area contributed by atoms with Crippen molar-refractivity contribution in [3.05, 3.63) is 35.4 Å². The summed E-state index contributed by atoms with van der Waals surface area (Å²) in [5.74, 6) is 2.06. The SMILES string of the molecule is O=C1c2ccccc2CN1C1C[C@H]2CC[C@@H](C1)C2. The first-order valence-corrected chi connectivity index (χ1v) is 7.20. The molecular weight excluding hydrogens is 222 g/mol. The Balaban J connectivity index is 1.59. The molecule has 0 N–H and O–H groups in total. The van der Waals surface area contributed by atoms with Crippen molar-refractivity contribution in [2.45, 2.75) is 44.7 Å². The second-order valence-electron chi connectivity index (χ2n) is 6.26. The summed E-state index contributed by atoms with van der Waals surface area (Å²) in [6.45, 7) is 0.846. The molecular formula is C16H19NO. The van der Waals surface area contributed by atoms with Gasteiger partial charge in [0.2, 0.25) is 0 Å². The van der Waals surface area contributed by atoms with E-state index in [0.717, 1.165) is 23.9 Å². The van der Waals surface area contributed by atoms with Crippen LogP contribution in [0.4, 0.5) is 0 Å². The van der Waals surface area contributed by atoms with Crippen molar-refractivity contribution in [1.82, 2.24) is 4.90 Å². The van der Waals surface area contributed by atoms with Gasteiger partial charge >= 0.3 is 0 Å². The van der Waals surface area contributed by atoms with Crippen LogP contribution < -0.4 is 0 Å². The van der Waals surface area contributed by atoms with E-state index in [1.165, 1.54) is 37.7 Å². The number of carbonyl (C=O) groups excluding carboxylic acids is 1. The van der Waals surface area contributed by atoms with E-state index in [9.17, 15) is 4.79 Å². The van der Waals surface area contributed by atoms with Crippen LogP contribution in [0.5, 0.6) is 0 Å². The highest BCUT2D eigenvalue weighted by Gasteiger charge is 2.40. The van der Waals surface area contributed by atoms with Gasteiger partial charge in [-0.2, -0.15) is 0 Å². The fraction of sp³-hybridized carbons (Fsp3) is 0.562. The molecule has 2 saturated carbocycles. The Kier molecular flexibility index (Phi) is 2.26. The summed E-state index contributed by atoms with van der Waals surface area (Å²) in [5.41, 5.74) is 2.16. The Hall–Kier alpha value is -1.31. The molecule has 2 aliphatic carbocycles. The van der Waals surface area contributed by atoms with Gasteiger partial charge in [-0.25, -0.2) is 0 Å². The Labute approximate surface area is 108 Å². The lowest BCUT2D eigenvalue weighted by Crippen LogP contribution is -2.39. The van der Waals surface area contributed by atoms with Crippen LogP contribution in [0, 0.1) is 11.8 Å². The van der Waals surface area contributed by atoms with E-state index in [1.807, 2.05) is 18.2 Å². The molecule has 3 atom stereocenters. The predicted molar refractivity (Wildman–Crippen MR) is 70.2 cm³/mol. The van der Waals surface area contributed by atoms with E-state index in [2.05, 4.69) is 11.0 Å². The highest BCUT2D eigenvalue weighted by molar-refractivity contribution is 5.98. The van der Waals surface area contributed by atoms with E-state index < -0.39 is 0 Å². The minimum atomic E-state index is 0.275. The minimum Gasteiger partial charge on any atom is -0.331 e. The van der Waals surface area contributed by atoms with Gasteiger partial charge in [0.25, 0.3) is 5.91 Å². The maximum Gasteiger partial charge on any atom is 0.254 e. The van der Waals surface area contributed by atoms with Crippen LogP contribution in [0.3, 0.4) is 0 Å². The summed E-state index contributed by atoms with van der Waals surface area (Å²) in [5, 5.41) is 0. The maximum atomic E-state index is 12.5. The number of carbonyl (C=O) groups is 1. The normalized spacial score (nSPS) is 33.9. The molecule has 2 bridgehead atoms. The van der Waals surface area contributed by atoms with E-state index >= 15 is 0 Å². The summed E-state index contributed by atoms with van der Waals surface area (Å²) >= 11 is 0. The Morgan fingerprint density at radius 1 is 1.00 bits per heavy atom. The summed E-state index contributed by atoms with van der Waals surface area (Å²) in [7, 11) is 0. The van der Waals surface area contributed by atoms with Crippen LogP contribution >= 0.6 is 0 Å². The Morgan fingerprint density at radius 2 is 1.72 bits per heavy atom. The van der Waals surface area contributed by atoms with E-state index in [4.69, 9.17) is 0 Å². The zero-order valence-electron chi connectivity index (χ0n) is 10.6. The number of rotatable bonds is 1. The molecule has 3 aliphatic rings. The summed E-state index contributed by atoms with van der Waals surface area (Å²) < 4.78 is 0. The number of fused-ring (bicyclic) bond motifs is 3. The lowest BCUT2D eigenvalue weighted by atomic mass is 9.85. The van der Waals surface area contributed by atoms with Crippen LogP contribution in [0.2, 0.25) is 0 Å². The average molecular weight is 241 g/mol. The number of benzene rings is 1. The van der Waals surface area contributed by atoms with E-state index in [-0.39, 0.29) is 5.91 Å². The van der Waals surface area contributed by atoms with E-state index in [0.29, 0.717) is 6.04 Å². The van der Waals surface area contributed by atoms with E-state index in [1.54, 1.807) is 0 Å². The molecule has 94 valence electrons. The quantitative estimate of drug-likeness (QED) is 0.739.